The van der Waals surface area contributed by atoms with E-state index in [0.717, 1.165) is 16.9 Å². The fourth-order valence-electron chi connectivity index (χ4n) is 1.39. The maximum Gasteiger partial charge on any atom is 0.406 e. The smallest absolute Gasteiger partial charge is 0.406 e. The molecule has 1 amide bonds. The van der Waals surface area contributed by atoms with Crippen LogP contribution >= 0.6 is 0 Å². The molecule has 0 bridgehead atoms. The zero-order valence-corrected chi connectivity index (χ0v) is 10.3. The average Bonchev–Trinajstić information content (AvgIpc) is 2.74. The van der Waals surface area contributed by atoms with Gasteiger partial charge in [-0.1, -0.05) is 0 Å². The number of aliphatic carboxylic acids is 1. The number of carboxylic acids is 1. The molecule has 0 aliphatic heterocycles. The fourth-order valence-corrected chi connectivity index (χ4v) is 1.39. The second kappa shape index (κ2) is 6.19. The van der Waals surface area contributed by atoms with Crippen molar-refractivity contribution < 1.29 is 32.8 Å². The molecule has 1 aromatic heterocycles. The van der Waals surface area contributed by atoms with E-state index < -0.39 is 48.4 Å². The molecule has 1 rings (SSSR count). The van der Waals surface area contributed by atoms with Crippen LogP contribution in [-0.2, 0) is 16.1 Å². The minimum Gasteiger partial charge on any atom is -0.480 e. The predicted octanol–water partition coefficient (Wildman–Crippen LogP) is 0.267. The Bertz CT molecular complexity index is 556. The number of halogens is 3. The summed E-state index contributed by atoms with van der Waals surface area (Å²) in [5.74, 6) is -3.37. The molecule has 0 saturated heterocycles. The van der Waals surface area contributed by atoms with E-state index in [9.17, 15) is 32.9 Å². The van der Waals surface area contributed by atoms with E-state index in [1.165, 1.54) is 0 Å². The molecular weight excluding hydrogens is 301 g/mol. The lowest BCUT2D eigenvalue weighted by molar-refractivity contribution is -0.389. The Labute approximate surface area is 114 Å². The van der Waals surface area contributed by atoms with Gasteiger partial charge in [-0.05, 0) is 4.92 Å². The highest BCUT2D eigenvalue weighted by Crippen LogP contribution is 2.17. The first-order valence-corrected chi connectivity index (χ1v) is 5.32. The van der Waals surface area contributed by atoms with E-state index in [2.05, 4.69) is 5.10 Å². The molecule has 12 heteroatoms. The minimum atomic E-state index is -4.76. The van der Waals surface area contributed by atoms with Crippen molar-refractivity contribution in [2.45, 2.75) is 12.7 Å². The normalized spacial score (nSPS) is 11.2. The molecule has 0 radical (unpaired) electrons. The van der Waals surface area contributed by atoms with Crippen LogP contribution in [0.5, 0.6) is 0 Å². The van der Waals surface area contributed by atoms with E-state index in [1.807, 2.05) is 0 Å². The monoisotopic (exact) mass is 310 g/mol. The Morgan fingerprint density at radius 3 is 2.52 bits per heavy atom. The van der Waals surface area contributed by atoms with Crippen LogP contribution in [0.2, 0.25) is 0 Å². The van der Waals surface area contributed by atoms with Crippen molar-refractivity contribution >= 4 is 17.7 Å². The number of alkyl halides is 3. The first-order valence-electron chi connectivity index (χ1n) is 5.32. The van der Waals surface area contributed by atoms with E-state index in [-0.39, 0.29) is 4.90 Å². The van der Waals surface area contributed by atoms with Crippen molar-refractivity contribution in [2.24, 2.45) is 0 Å². The summed E-state index contributed by atoms with van der Waals surface area (Å²) < 4.78 is 37.6. The van der Waals surface area contributed by atoms with Gasteiger partial charge in [-0.25, -0.2) is 0 Å². The minimum absolute atomic E-state index is 0.0792. The number of carbonyl (C=O) groups is 2. The summed E-state index contributed by atoms with van der Waals surface area (Å²) in [5, 5.41) is 22.2. The van der Waals surface area contributed by atoms with Crippen LogP contribution < -0.4 is 0 Å². The lowest BCUT2D eigenvalue weighted by Gasteiger charge is -2.21. The third-order valence-corrected chi connectivity index (χ3v) is 2.16. The number of hydrogen-bond donors (Lipinski definition) is 1. The quantitative estimate of drug-likeness (QED) is 0.595. The largest absolute Gasteiger partial charge is 0.480 e. The molecule has 21 heavy (non-hydrogen) atoms. The number of rotatable bonds is 6. The zero-order chi connectivity index (χ0) is 16.2. The average molecular weight is 310 g/mol. The number of amides is 1. The first kappa shape index (κ1) is 16.4. The second-order valence-corrected chi connectivity index (χ2v) is 3.89. The summed E-state index contributed by atoms with van der Waals surface area (Å²) in [4.78, 5) is 31.7. The molecule has 116 valence electrons. The zero-order valence-electron chi connectivity index (χ0n) is 10.3. The Morgan fingerprint density at radius 1 is 1.48 bits per heavy atom. The van der Waals surface area contributed by atoms with Gasteiger partial charge in [0.1, 0.15) is 19.6 Å². The van der Waals surface area contributed by atoms with E-state index in [4.69, 9.17) is 5.11 Å². The third-order valence-electron chi connectivity index (χ3n) is 2.16. The van der Waals surface area contributed by atoms with Crippen molar-refractivity contribution in [3.63, 3.8) is 0 Å². The van der Waals surface area contributed by atoms with Crippen molar-refractivity contribution in [2.75, 3.05) is 13.1 Å². The predicted molar refractivity (Wildman–Crippen MR) is 59.2 cm³/mol. The molecule has 0 spiro atoms. The Morgan fingerprint density at radius 2 is 2.10 bits per heavy atom. The van der Waals surface area contributed by atoms with Gasteiger partial charge in [-0.3, -0.25) is 9.59 Å². The molecule has 0 atom stereocenters. The Hall–Kier alpha value is -2.66. The summed E-state index contributed by atoms with van der Waals surface area (Å²) in [7, 11) is 0. The number of nitrogens with zero attached hydrogens (tertiary/aromatic N) is 4. The van der Waals surface area contributed by atoms with E-state index >= 15 is 0 Å². The number of aromatic nitrogens is 2. The molecule has 0 aliphatic carbocycles. The molecule has 1 heterocycles. The van der Waals surface area contributed by atoms with Gasteiger partial charge >= 0.3 is 18.0 Å². The third kappa shape index (κ3) is 5.46. The molecule has 0 saturated carbocycles. The number of carbonyl (C=O) groups excluding carboxylic acids is 1. The molecule has 1 aromatic rings. The van der Waals surface area contributed by atoms with Crippen LogP contribution in [0, 0.1) is 10.1 Å². The second-order valence-electron chi connectivity index (χ2n) is 3.89. The highest BCUT2D eigenvalue weighted by Gasteiger charge is 2.34. The number of nitro groups is 1. The molecule has 1 N–H and O–H groups in total. The maximum absolute atomic E-state index is 12.3. The van der Waals surface area contributed by atoms with Gasteiger partial charge in [0.15, 0.2) is 0 Å². The fraction of sp³-hybridized carbons (Fsp3) is 0.444. The standard InChI is InChI=1S/C9H9F3N4O5/c10-9(11,12)5-14(4-8(18)19)7(17)3-15-2-1-6(13-15)16(20)21/h1-2H,3-5H2,(H,18,19). The van der Waals surface area contributed by atoms with Gasteiger partial charge < -0.3 is 20.1 Å². The van der Waals surface area contributed by atoms with Crippen molar-refractivity contribution in [3.05, 3.63) is 22.4 Å². The summed E-state index contributed by atoms with van der Waals surface area (Å²) in [5.41, 5.74) is 0. The van der Waals surface area contributed by atoms with Gasteiger partial charge in [0.05, 0.1) is 17.4 Å². The van der Waals surface area contributed by atoms with Crippen LogP contribution in [0.15, 0.2) is 12.3 Å². The number of hydrogen-bond acceptors (Lipinski definition) is 5. The highest BCUT2D eigenvalue weighted by atomic mass is 19.4. The molecule has 0 aliphatic rings. The molecular formula is C9H9F3N4O5. The van der Waals surface area contributed by atoms with Crippen LogP contribution in [0.25, 0.3) is 0 Å². The van der Waals surface area contributed by atoms with Crippen LogP contribution in [0.1, 0.15) is 0 Å². The van der Waals surface area contributed by atoms with Gasteiger partial charge in [0.2, 0.25) is 5.91 Å². The van der Waals surface area contributed by atoms with Crippen LogP contribution in [0.3, 0.4) is 0 Å². The van der Waals surface area contributed by atoms with Crippen LogP contribution in [0.4, 0.5) is 19.0 Å². The number of carboxylic acid groups (broad SMARTS) is 1. The summed E-state index contributed by atoms with van der Waals surface area (Å²) in [6, 6.07) is 0.957. The lowest BCUT2D eigenvalue weighted by Crippen LogP contribution is -2.43. The molecule has 0 unspecified atom stereocenters. The van der Waals surface area contributed by atoms with Gasteiger partial charge in [0, 0.05) is 0 Å². The van der Waals surface area contributed by atoms with Gasteiger partial charge in [0.25, 0.3) is 0 Å². The lowest BCUT2D eigenvalue weighted by atomic mass is 10.4. The van der Waals surface area contributed by atoms with Gasteiger partial charge in [-0.15, -0.1) is 0 Å². The Balaban J connectivity index is 2.79. The van der Waals surface area contributed by atoms with Crippen molar-refractivity contribution in [1.82, 2.24) is 14.7 Å². The highest BCUT2D eigenvalue weighted by molar-refractivity contribution is 5.81. The topological polar surface area (TPSA) is 119 Å². The summed E-state index contributed by atoms with van der Waals surface area (Å²) in [6.07, 6.45) is -3.73. The molecule has 0 fully saturated rings. The van der Waals surface area contributed by atoms with E-state index in [0.29, 0.717) is 0 Å². The van der Waals surface area contributed by atoms with Crippen molar-refractivity contribution in [1.29, 1.82) is 0 Å². The maximum atomic E-state index is 12.3. The van der Waals surface area contributed by atoms with Crippen molar-refractivity contribution in [3.8, 4) is 0 Å². The summed E-state index contributed by atoms with van der Waals surface area (Å²) >= 11 is 0. The van der Waals surface area contributed by atoms with E-state index in [1.54, 1.807) is 0 Å². The first-order chi connectivity index (χ1) is 9.58. The Kier molecular flexibility index (Phi) is 4.84. The summed E-state index contributed by atoms with van der Waals surface area (Å²) in [6.45, 7) is -3.61. The SMILES string of the molecule is O=C(O)CN(CC(F)(F)F)C(=O)Cn1ccc([N+](=O)[O-])n1. The molecule has 0 aromatic carbocycles. The van der Waals surface area contributed by atoms with Crippen LogP contribution in [-0.4, -0.2) is 55.9 Å². The van der Waals surface area contributed by atoms with Gasteiger partial charge in [-0.2, -0.15) is 17.9 Å². The molecule has 9 nitrogen and oxygen atoms in total.